The molecule has 0 amide bonds. The Hall–Kier alpha value is -3.73. The maximum Gasteiger partial charge on any atom is 0.264 e. The normalized spacial score (nSPS) is 11.2. The number of benzene rings is 2. The number of nitrogens with two attached hydrogens (primary N) is 1. The van der Waals surface area contributed by atoms with E-state index in [1.807, 2.05) is 31.2 Å². The largest absolute Gasteiger partial charge is 0.497 e. The number of hydrogen-bond donors (Lipinski definition) is 2. The van der Waals surface area contributed by atoms with Crippen LogP contribution in [0.1, 0.15) is 22.8 Å². The highest BCUT2D eigenvalue weighted by Gasteiger charge is 2.15. The Labute approximate surface area is 189 Å². The number of methoxy groups -OCH3 is 3. The number of carbonyl (C=O) groups excluding carboxylic acids is 1. The zero-order valence-electron chi connectivity index (χ0n) is 18.2. The summed E-state index contributed by atoms with van der Waals surface area (Å²) in [7, 11) is 4.66. The van der Waals surface area contributed by atoms with Crippen molar-refractivity contribution in [2.75, 3.05) is 38.4 Å². The van der Waals surface area contributed by atoms with E-state index in [9.17, 15) is 4.79 Å². The van der Waals surface area contributed by atoms with Crippen molar-refractivity contribution in [1.29, 1.82) is 0 Å². The van der Waals surface area contributed by atoms with Crippen LogP contribution in [-0.4, -0.2) is 53.5 Å². The van der Waals surface area contributed by atoms with E-state index in [1.54, 1.807) is 25.3 Å². The van der Waals surface area contributed by atoms with Crippen LogP contribution >= 0.6 is 11.8 Å². The molecule has 3 rings (SSSR count). The van der Waals surface area contributed by atoms with Crippen molar-refractivity contribution in [2.24, 2.45) is 5.10 Å². The van der Waals surface area contributed by atoms with Gasteiger partial charge in [-0.25, -0.2) is 10.1 Å². The van der Waals surface area contributed by atoms with Gasteiger partial charge in [-0.05, 0) is 37.3 Å². The fraction of sp³-hybridized carbons (Fsp3) is 0.238. The third-order valence-corrected chi connectivity index (χ3v) is 5.46. The first-order chi connectivity index (χ1) is 15.5. The summed E-state index contributed by atoms with van der Waals surface area (Å²) < 4.78 is 16.9. The summed E-state index contributed by atoms with van der Waals surface area (Å²) in [6.07, 6.45) is 0. The number of hydrogen-bond acceptors (Lipinski definition) is 10. The lowest BCUT2D eigenvalue weighted by Gasteiger charge is -2.09. The van der Waals surface area contributed by atoms with E-state index in [0.29, 0.717) is 27.9 Å². The Morgan fingerprint density at radius 1 is 1.06 bits per heavy atom. The van der Waals surface area contributed by atoms with Crippen LogP contribution in [0.25, 0.3) is 0 Å². The second-order valence-electron chi connectivity index (χ2n) is 6.50. The number of nitrogens with zero attached hydrogens (tertiary/aromatic N) is 4. The summed E-state index contributed by atoms with van der Waals surface area (Å²) >= 11 is 1.17. The highest BCUT2D eigenvalue weighted by Crippen LogP contribution is 2.28. The summed E-state index contributed by atoms with van der Waals surface area (Å²) in [6, 6.07) is 12.5. The summed E-state index contributed by atoms with van der Waals surface area (Å²) in [5.74, 6) is 8.08. The third-order valence-electron chi connectivity index (χ3n) is 4.51. The molecule has 32 heavy (non-hydrogen) atoms. The third kappa shape index (κ3) is 5.30. The van der Waals surface area contributed by atoms with E-state index in [2.05, 4.69) is 20.7 Å². The van der Waals surface area contributed by atoms with Gasteiger partial charge >= 0.3 is 0 Å². The Morgan fingerprint density at radius 2 is 1.84 bits per heavy atom. The van der Waals surface area contributed by atoms with Crippen LogP contribution < -0.4 is 25.5 Å². The van der Waals surface area contributed by atoms with Crippen LogP contribution in [0.15, 0.2) is 52.7 Å². The zero-order chi connectivity index (χ0) is 23.1. The summed E-state index contributed by atoms with van der Waals surface area (Å²) in [5.41, 5.74) is 4.89. The van der Waals surface area contributed by atoms with Gasteiger partial charge in [0.15, 0.2) is 17.3 Å². The number of Topliss-reactive ketones (excluding diaryl/α,β-unsaturated/α-hetero) is 1. The van der Waals surface area contributed by atoms with E-state index in [1.165, 1.54) is 30.7 Å². The number of anilines is 1. The monoisotopic (exact) mass is 456 g/mol. The first-order valence-electron chi connectivity index (χ1n) is 9.50. The fourth-order valence-corrected chi connectivity index (χ4v) is 3.47. The van der Waals surface area contributed by atoms with Gasteiger partial charge < -0.3 is 20.1 Å². The number of nitrogen functional groups attached to an aromatic ring is 1. The van der Waals surface area contributed by atoms with E-state index >= 15 is 0 Å². The molecule has 0 atom stereocenters. The van der Waals surface area contributed by atoms with Crippen molar-refractivity contribution in [2.45, 2.75) is 12.1 Å². The number of ketones is 1. The predicted molar refractivity (Wildman–Crippen MR) is 124 cm³/mol. The first-order valence-corrected chi connectivity index (χ1v) is 10.5. The minimum absolute atomic E-state index is 0.111. The van der Waals surface area contributed by atoms with Crippen LogP contribution in [0, 0.1) is 0 Å². The molecule has 0 aliphatic carbocycles. The minimum Gasteiger partial charge on any atom is -0.497 e. The molecule has 0 aliphatic rings. The molecular formula is C21H24N6O4S. The molecule has 3 N–H and O–H groups in total. The van der Waals surface area contributed by atoms with Crippen LogP contribution in [0.5, 0.6) is 17.2 Å². The second kappa shape index (κ2) is 10.5. The minimum atomic E-state index is -0.111. The van der Waals surface area contributed by atoms with Crippen molar-refractivity contribution in [1.82, 2.24) is 14.9 Å². The highest BCUT2D eigenvalue weighted by molar-refractivity contribution is 7.99. The number of hydrazone groups is 1. The Bertz CT molecular complexity index is 1130. The topological polar surface area (TPSA) is 126 Å². The van der Waals surface area contributed by atoms with Crippen molar-refractivity contribution >= 4 is 29.2 Å². The molecule has 10 nitrogen and oxygen atoms in total. The van der Waals surface area contributed by atoms with Gasteiger partial charge in [0.25, 0.3) is 5.95 Å². The number of carbonyl (C=O) groups is 1. The molecular weight excluding hydrogens is 432 g/mol. The SMILES string of the molecule is COc1cccc(/C(C)=N/Nc2nnc(SCC(=O)c3ccc(OC)c(OC)c3)n2N)c1. The molecule has 0 radical (unpaired) electrons. The van der Waals surface area contributed by atoms with Gasteiger partial charge in [-0.1, -0.05) is 23.9 Å². The van der Waals surface area contributed by atoms with Crippen LogP contribution in [0.4, 0.5) is 5.95 Å². The fourth-order valence-electron chi connectivity index (χ4n) is 2.72. The highest BCUT2D eigenvalue weighted by atomic mass is 32.2. The molecule has 11 heteroatoms. The van der Waals surface area contributed by atoms with Gasteiger partial charge in [0.05, 0.1) is 32.8 Å². The maximum atomic E-state index is 12.6. The molecule has 0 bridgehead atoms. The van der Waals surface area contributed by atoms with Crippen LogP contribution in [-0.2, 0) is 0 Å². The van der Waals surface area contributed by atoms with E-state index < -0.39 is 0 Å². The Kier molecular flexibility index (Phi) is 7.55. The molecule has 0 aliphatic heterocycles. The molecule has 168 valence electrons. The lowest BCUT2D eigenvalue weighted by Crippen LogP contribution is -2.14. The molecule has 0 fully saturated rings. The van der Waals surface area contributed by atoms with E-state index in [-0.39, 0.29) is 17.5 Å². The van der Waals surface area contributed by atoms with Crippen molar-refractivity contribution < 1.29 is 19.0 Å². The lowest BCUT2D eigenvalue weighted by molar-refractivity contribution is 0.102. The van der Waals surface area contributed by atoms with Gasteiger partial charge in [0.1, 0.15) is 5.75 Å². The van der Waals surface area contributed by atoms with Crippen LogP contribution in [0.2, 0.25) is 0 Å². The molecule has 1 aromatic heterocycles. The molecule has 0 unspecified atom stereocenters. The summed E-state index contributed by atoms with van der Waals surface area (Å²) in [4.78, 5) is 12.6. The second-order valence-corrected chi connectivity index (χ2v) is 7.44. The number of aromatic nitrogens is 3. The summed E-state index contributed by atoms with van der Waals surface area (Å²) in [6.45, 7) is 1.84. The Balaban J connectivity index is 1.64. The molecule has 0 spiro atoms. The van der Waals surface area contributed by atoms with Gasteiger partial charge in [0, 0.05) is 11.1 Å². The first kappa shape index (κ1) is 22.9. The zero-order valence-corrected chi connectivity index (χ0v) is 19.0. The van der Waals surface area contributed by atoms with Crippen molar-refractivity contribution in [3.8, 4) is 17.2 Å². The molecule has 0 saturated heterocycles. The Morgan fingerprint density at radius 3 is 2.56 bits per heavy atom. The number of rotatable bonds is 10. The summed E-state index contributed by atoms with van der Waals surface area (Å²) in [5, 5.41) is 12.7. The average molecular weight is 457 g/mol. The molecule has 1 heterocycles. The lowest BCUT2D eigenvalue weighted by atomic mass is 10.1. The van der Waals surface area contributed by atoms with Crippen molar-refractivity contribution in [3.05, 3.63) is 53.6 Å². The van der Waals surface area contributed by atoms with E-state index in [0.717, 1.165) is 11.3 Å². The molecule has 3 aromatic rings. The number of ether oxygens (including phenoxy) is 3. The van der Waals surface area contributed by atoms with Gasteiger partial charge in [-0.2, -0.15) is 5.10 Å². The standard InChI is InChI=1S/C21H24N6O4S/c1-13(14-6-5-7-16(10-14)29-2)23-24-20-25-26-21(27(20)22)32-12-17(28)15-8-9-18(30-3)19(11-15)31-4/h5-11H,12,22H2,1-4H3,(H,24,25)/b23-13+. The van der Waals surface area contributed by atoms with E-state index in [4.69, 9.17) is 20.1 Å². The predicted octanol–water partition coefficient (Wildman–Crippen LogP) is 2.83. The average Bonchev–Trinajstić information content (AvgIpc) is 3.19. The van der Waals surface area contributed by atoms with Crippen molar-refractivity contribution in [3.63, 3.8) is 0 Å². The molecule has 2 aromatic carbocycles. The maximum absolute atomic E-state index is 12.6. The quantitative estimate of drug-likeness (QED) is 0.156. The van der Waals surface area contributed by atoms with Gasteiger partial charge in [-0.3, -0.25) is 4.79 Å². The van der Waals surface area contributed by atoms with Crippen LogP contribution in [0.3, 0.4) is 0 Å². The van der Waals surface area contributed by atoms with Gasteiger partial charge in [-0.15, -0.1) is 10.2 Å². The van der Waals surface area contributed by atoms with Gasteiger partial charge in [0.2, 0.25) is 5.16 Å². The number of nitrogens with one attached hydrogen (secondary N) is 1. The molecule has 0 saturated carbocycles. The smallest absolute Gasteiger partial charge is 0.264 e. The number of thioether (sulfide) groups is 1.